The van der Waals surface area contributed by atoms with Gasteiger partial charge in [0.05, 0.1) is 11.8 Å². The Balaban J connectivity index is 2.18. The molecule has 1 aromatic carbocycles. The molecule has 1 aromatic rings. The number of benzene rings is 1. The maximum atomic E-state index is 13.4. The lowest BCUT2D eigenvalue weighted by Crippen LogP contribution is -2.37. The molecule has 2 atom stereocenters. The number of urea groups is 1. The molecular formula is C18H22F3N3O4. The summed E-state index contributed by atoms with van der Waals surface area (Å²) >= 11 is 0. The van der Waals surface area contributed by atoms with Gasteiger partial charge in [-0.2, -0.15) is 13.2 Å². The van der Waals surface area contributed by atoms with Crippen LogP contribution in [0.3, 0.4) is 0 Å². The Kier molecular flexibility index (Phi) is 5.91. The number of amides is 3. The summed E-state index contributed by atoms with van der Waals surface area (Å²) in [5.74, 6) is -5.11. The molecule has 0 bridgehead atoms. The van der Waals surface area contributed by atoms with E-state index in [1.165, 1.54) is 24.3 Å². The molecule has 0 radical (unpaired) electrons. The van der Waals surface area contributed by atoms with E-state index in [1.807, 2.05) is 0 Å². The van der Waals surface area contributed by atoms with E-state index in [4.69, 9.17) is 10.5 Å². The zero-order valence-electron chi connectivity index (χ0n) is 15.7. The van der Waals surface area contributed by atoms with Crippen LogP contribution in [0.1, 0.15) is 31.1 Å². The van der Waals surface area contributed by atoms with Crippen molar-refractivity contribution >= 4 is 23.6 Å². The standard InChI is InChI=1S/C18H22F3N3O4/c1-17(2,3)28-15(26)12-8-24(9-13(12)18(19,20)21)14(25)10-4-6-11(7-5-10)23-16(22)27/h4-7,12-13H,8-9H2,1-3H3,(H3,22,23,27)/t12-,13-/m1/s1. The third kappa shape index (κ3) is 5.37. The topological polar surface area (TPSA) is 102 Å². The quantitative estimate of drug-likeness (QED) is 0.761. The van der Waals surface area contributed by atoms with Crippen LogP contribution in [-0.2, 0) is 9.53 Å². The monoisotopic (exact) mass is 401 g/mol. The number of nitrogens with one attached hydrogen (secondary N) is 1. The highest BCUT2D eigenvalue weighted by atomic mass is 19.4. The first-order valence-corrected chi connectivity index (χ1v) is 8.53. The second-order valence-corrected chi connectivity index (χ2v) is 7.56. The number of halogens is 3. The van der Waals surface area contributed by atoms with Gasteiger partial charge in [0.25, 0.3) is 5.91 Å². The number of likely N-dealkylation sites (tertiary alicyclic amines) is 1. The van der Waals surface area contributed by atoms with Gasteiger partial charge < -0.3 is 20.7 Å². The molecule has 1 heterocycles. The fourth-order valence-corrected chi connectivity index (χ4v) is 2.94. The number of ether oxygens (including phenoxy) is 1. The molecule has 7 nitrogen and oxygen atoms in total. The van der Waals surface area contributed by atoms with Gasteiger partial charge in [-0.05, 0) is 45.0 Å². The number of hydrogen-bond acceptors (Lipinski definition) is 4. The van der Waals surface area contributed by atoms with E-state index in [2.05, 4.69) is 5.32 Å². The molecule has 0 aromatic heterocycles. The van der Waals surface area contributed by atoms with Crippen molar-refractivity contribution in [3.8, 4) is 0 Å². The van der Waals surface area contributed by atoms with Crippen LogP contribution in [0.2, 0.25) is 0 Å². The van der Waals surface area contributed by atoms with Gasteiger partial charge in [0.15, 0.2) is 0 Å². The highest BCUT2D eigenvalue weighted by Crippen LogP contribution is 2.39. The highest BCUT2D eigenvalue weighted by Gasteiger charge is 2.54. The molecule has 3 amide bonds. The molecule has 3 N–H and O–H groups in total. The van der Waals surface area contributed by atoms with E-state index in [1.54, 1.807) is 20.8 Å². The van der Waals surface area contributed by atoms with Crippen molar-refractivity contribution in [1.82, 2.24) is 4.90 Å². The lowest BCUT2D eigenvalue weighted by molar-refractivity contribution is -0.194. The van der Waals surface area contributed by atoms with Gasteiger partial charge >= 0.3 is 18.2 Å². The van der Waals surface area contributed by atoms with Gasteiger partial charge in [-0.15, -0.1) is 0 Å². The summed E-state index contributed by atoms with van der Waals surface area (Å²) < 4.78 is 45.4. The van der Waals surface area contributed by atoms with Crippen LogP contribution >= 0.6 is 0 Å². The predicted octanol–water partition coefficient (Wildman–Crippen LogP) is 2.77. The number of hydrogen-bond donors (Lipinski definition) is 2. The molecule has 154 valence electrons. The number of alkyl halides is 3. The summed E-state index contributed by atoms with van der Waals surface area (Å²) in [6, 6.07) is 4.74. The summed E-state index contributed by atoms with van der Waals surface area (Å²) in [4.78, 5) is 36.7. The summed E-state index contributed by atoms with van der Waals surface area (Å²) in [6.45, 7) is 3.67. The molecule has 1 saturated heterocycles. The predicted molar refractivity (Wildman–Crippen MR) is 94.4 cm³/mol. The average molecular weight is 401 g/mol. The van der Waals surface area contributed by atoms with Gasteiger partial charge in [0, 0.05) is 24.3 Å². The number of esters is 1. The first-order valence-electron chi connectivity index (χ1n) is 8.53. The molecule has 1 fully saturated rings. The Hall–Kier alpha value is -2.78. The Labute approximate surface area is 160 Å². The summed E-state index contributed by atoms with van der Waals surface area (Å²) in [7, 11) is 0. The van der Waals surface area contributed by atoms with Crippen LogP contribution in [0, 0.1) is 11.8 Å². The largest absolute Gasteiger partial charge is 0.460 e. The molecule has 0 saturated carbocycles. The minimum atomic E-state index is -4.65. The third-order valence-electron chi connectivity index (χ3n) is 4.14. The number of carbonyl (C=O) groups is 3. The molecule has 0 spiro atoms. The van der Waals surface area contributed by atoms with Crippen LogP contribution in [0.5, 0.6) is 0 Å². The number of nitrogens with two attached hydrogens (primary N) is 1. The average Bonchev–Trinajstić information content (AvgIpc) is 2.98. The van der Waals surface area contributed by atoms with Gasteiger partial charge in [0.2, 0.25) is 0 Å². The first-order chi connectivity index (χ1) is 12.8. The summed E-state index contributed by atoms with van der Waals surface area (Å²) in [6.07, 6.45) is -4.65. The van der Waals surface area contributed by atoms with Crippen molar-refractivity contribution in [2.24, 2.45) is 17.6 Å². The maximum Gasteiger partial charge on any atom is 0.394 e. The fourth-order valence-electron chi connectivity index (χ4n) is 2.94. The van der Waals surface area contributed by atoms with Gasteiger partial charge in [-0.3, -0.25) is 9.59 Å². The lowest BCUT2D eigenvalue weighted by Gasteiger charge is -2.25. The summed E-state index contributed by atoms with van der Waals surface area (Å²) in [5.41, 5.74) is 4.52. The third-order valence-corrected chi connectivity index (χ3v) is 4.14. The zero-order chi connectivity index (χ0) is 21.3. The minimum absolute atomic E-state index is 0.126. The summed E-state index contributed by atoms with van der Waals surface area (Å²) in [5, 5.41) is 2.32. The second-order valence-electron chi connectivity index (χ2n) is 7.56. The van der Waals surface area contributed by atoms with Crippen molar-refractivity contribution in [1.29, 1.82) is 0 Å². The minimum Gasteiger partial charge on any atom is -0.460 e. The van der Waals surface area contributed by atoms with E-state index in [0.29, 0.717) is 5.69 Å². The van der Waals surface area contributed by atoms with Gasteiger partial charge in [-0.25, -0.2) is 4.79 Å². The van der Waals surface area contributed by atoms with E-state index < -0.39 is 48.1 Å². The Morgan fingerprint density at radius 2 is 1.68 bits per heavy atom. The smallest absolute Gasteiger partial charge is 0.394 e. The number of anilines is 1. The Morgan fingerprint density at radius 3 is 2.14 bits per heavy atom. The molecule has 2 rings (SSSR count). The zero-order valence-corrected chi connectivity index (χ0v) is 15.7. The highest BCUT2D eigenvalue weighted by molar-refractivity contribution is 5.96. The van der Waals surface area contributed by atoms with Crippen LogP contribution < -0.4 is 11.1 Å². The van der Waals surface area contributed by atoms with Crippen molar-refractivity contribution in [3.63, 3.8) is 0 Å². The normalized spacial score (nSPS) is 20.0. The molecule has 1 aliphatic heterocycles. The van der Waals surface area contributed by atoms with E-state index >= 15 is 0 Å². The lowest BCUT2D eigenvalue weighted by atomic mass is 9.95. The number of primary amides is 1. The second kappa shape index (κ2) is 7.69. The molecule has 0 unspecified atom stereocenters. The van der Waals surface area contributed by atoms with Gasteiger partial charge in [0.1, 0.15) is 5.60 Å². The molecule has 1 aliphatic rings. The number of rotatable bonds is 3. The molecular weight excluding hydrogens is 379 g/mol. The fraction of sp³-hybridized carbons (Fsp3) is 0.500. The molecule has 10 heteroatoms. The number of nitrogens with zero attached hydrogens (tertiary/aromatic N) is 1. The van der Waals surface area contributed by atoms with Crippen molar-refractivity contribution < 1.29 is 32.3 Å². The Morgan fingerprint density at radius 1 is 1.11 bits per heavy atom. The van der Waals surface area contributed by atoms with Crippen LogP contribution in [-0.4, -0.2) is 47.7 Å². The van der Waals surface area contributed by atoms with Crippen LogP contribution in [0.4, 0.5) is 23.7 Å². The first kappa shape index (κ1) is 21.5. The van der Waals surface area contributed by atoms with E-state index in [9.17, 15) is 27.6 Å². The SMILES string of the molecule is CC(C)(C)OC(=O)[C@@H]1CN(C(=O)c2ccc(NC(N)=O)cc2)C[C@H]1C(F)(F)F. The van der Waals surface area contributed by atoms with Crippen LogP contribution in [0.25, 0.3) is 0 Å². The molecule has 0 aliphatic carbocycles. The van der Waals surface area contributed by atoms with Crippen molar-refractivity contribution in [3.05, 3.63) is 29.8 Å². The molecule has 28 heavy (non-hydrogen) atoms. The van der Waals surface area contributed by atoms with Crippen molar-refractivity contribution in [2.45, 2.75) is 32.5 Å². The maximum absolute atomic E-state index is 13.4. The van der Waals surface area contributed by atoms with Crippen molar-refractivity contribution in [2.75, 3.05) is 18.4 Å². The number of carbonyl (C=O) groups excluding carboxylic acids is 3. The van der Waals surface area contributed by atoms with Crippen LogP contribution in [0.15, 0.2) is 24.3 Å². The Bertz CT molecular complexity index is 757. The van der Waals surface area contributed by atoms with E-state index in [0.717, 1.165) is 4.90 Å². The van der Waals surface area contributed by atoms with E-state index in [-0.39, 0.29) is 12.1 Å². The van der Waals surface area contributed by atoms with Gasteiger partial charge in [-0.1, -0.05) is 0 Å².